The van der Waals surface area contributed by atoms with Crippen LogP contribution in [0.4, 0.5) is 0 Å². The van der Waals surface area contributed by atoms with Crippen molar-refractivity contribution in [3.8, 4) is 11.3 Å². The first-order valence-electron chi connectivity index (χ1n) is 6.49. The Hall–Kier alpha value is -2.95. The molecule has 3 aromatic heterocycles. The third-order valence-electron chi connectivity index (χ3n) is 2.94. The van der Waals surface area contributed by atoms with E-state index in [1.165, 1.54) is 0 Å². The first kappa shape index (κ1) is 13.1. The van der Waals surface area contributed by atoms with Crippen LogP contribution in [0.25, 0.3) is 11.3 Å². The molecule has 0 saturated heterocycles. The van der Waals surface area contributed by atoms with Gasteiger partial charge in [0.05, 0.1) is 12.1 Å². The molecule has 3 heterocycles. The van der Waals surface area contributed by atoms with Crippen molar-refractivity contribution in [3.63, 3.8) is 0 Å². The lowest BCUT2D eigenvalue weighted by atomic mass is 10.2. The van der Waals surface area contributed by atoms with Crippen molar-refractivity contribution in [1.29, 1.82) is 0 Å². The maximum Gasteiger partial charge on any atom is 0.188 e. The molecule has 0 aliphatic rings. The molecule has 0 saturated carbocycles. The molecular weight excluding hydrogens is 264 g/mol. The van der Waals surface area contributed by atoms with Crippen LogP contribution in [-0.4, -0.2) is 25.7 Å². The molecule has 0 N–H and O–H groups in total. The molecule has 0 unspecified atom stereocenters. The smallest absolute Gasteiger partial charge is 0.188 e. The van der Waals surface area contributed by atoms with Gasteiger partial charge in [0.2, 0.25) is 0 Å². The van der Waals surface area contributed by atoms with Gasteiger partial charge in [-0.15, -0.1) is 0 Å². The highest BCUT2D eigenvalue weighted by atomic mass is 16.1. The van der Waals surface area contributed by atoms with Gasteiger partial charge in [0.1, 0.15) is 11.5 Å². The fourth-order valence-electron chi connectivity index (χ4n) is 1.87. The van der Waals surface area contributed by atoms with Gasteiger partial charge < -0.3 is 0 Å². The van der Waals surface area contributed by atoms with Crippen LogP contribution in [0.15, 0.2) is 61.2 Å². The van der Waals surface area contributed by atoms with Gasteiger partial charge in [0.25, 0.3) is 0 Å². The number of pyridine rings is 2. The van der Waals surface area contributed by atoms with E-state index in [-0.39, 0.29) is 12.2 Å². The number of Topliss-reactive ketones (excluding diaryl/α,β-unsaturated/α-hetero) is 1. The van der Waals surface area contributed by atoms with Crippen molar-refractivity contribution in [2.45, 2.75) is 6.42 Å². The van der Waals surface area contributed by atoms with E-state index < -0.39 is 0 Å². The van der Waals surface area contributed by atoms with Crippen molar-refractivity contribution in [3.05, 3.63) is 72.7 Å². The Bertz CT molecular complexity index is 727. The SMILES string of the molecule is O=C(Cc1ncc(-c2ccccn2)cn1)c1ccccn1. The molecule has 21 heavy (non-hydrogen) atoms. The average Bonchev–Trinajstić information content (AvgIpc) is 2.57. The van der Waals surface area contributed by atoms with E-state index in [1.54, 1.807) is 43.0 Å². The number of nitrogens with zero attached hydrogens (tertiary/aromatic N) is 4. The molecule has 0 aliphatic heterocycles. The molecule has 3 rings (SSSR count). The van der Waals surface area contributed by atoms with Gasteiger partial charge in [-0.2, -0.15) is 0 Å². The van der Waals surface area contributed by atoms with Gasteiger partial charge >= 0.3 is 0 Å². The lowest BCUT2D eigenvalue weighted by Crippen LogP contribution is -2.08. The Morgan fingerprint density at radius 3 is 2.19 bits per heavy atom. The number of hydrogen-bond acceptors (Lipinski definition) is 5. The summed E-state index contributed by atoms with van der Waals surface area (Å²) in [6, 6.07) is 10.9. The maximum absolute atomic E-state index is 12.0. The summed E-state index contributed by atoms with van der Waals surface area (Å²) in [5.74, 6) is 0.381. The number of hydrogen-bond donors (Lipinski definition) is 0. The maximum atomic E-state index is 12.0. The predicted octanol–water partition coefficient (Wildman–Crippen LogP) is 2.36. The molecule has 0 fully saturated rings. The van der Waals surface area contributed by atoms with Crippen LogP contribution in [0.2, 0.25) is 0 Å². The fourth-order valence-corrected chi connectivity index (χ4v) is 1.87. The zero-order valence-electron chi connectivity index (χ0n) is 11.2. The molecule has 0 atom stereocenters. The Labute approximate surface area is 121 Å². The van der Waals surface area contributed by atoms with Crippen LogP contribution in [0.3, 0.4) is 0 Å². The molecule has 0 amide bonds. The highest BCUT2D eigenvalue weighted by Gasteiger charge is 2.10. The highest BCUT2D eigenvalue weighted by Crippen LogP contribution is 2.13. The molecule has 5 nitrogen and oxygen atoms in total. The zero-order valence-corrected chi connectivity index (χ0v) is 11.2. The van der Waals surface area contributed by atoms with E-state index in [2.05, 4.69) is 19.9 Å². The standard InChI is InChI=1S/C16H12N4O/c21-15(14-6-2-4-8-18-14)9-16-19-10-12(11-20-16)13-5-1-3-7-17-13/h1-8,10-11H,9H2. The second-order valence-electron chi connectivity index (χ2n) is 4.42. The van der Waals surface area contributed by atoms with Crippen LogP contribution in [0, 0.1) is 0 Å². The van der Waals surface area contributed by atoms with Crippen LogP contribution in [-0.2, 0) is 6.42 Å². The Balaban J connectivity index is 1.75. The minimum atomic E-state index is -0.0961. The minimum Gasteiger partial charge on any atom is -0.292 e. The van der Waals surface area contributed by atoms with Crippen molar-refractivity contribution >= 4 is 5.78 Å². The largest absolute Gasteiger partial charge is 0.292 e. The second-order valence-corrected chi connectivity index (χ2v) is 4.42. The van der Waals surface area contributed by atoms with Crippen LogP contribution in [0.1, 0.15) is 16.3 Å². The molecule has 0 spiro atoms. The summed E-state index contributed by atoms with van der Waals surface area (Å²) in [5.41, 5.74) is 2.06. The first-order valence-corrected chi connectivity index (χ1v) is 6.49. The summed E-state index contributed by atoms with van der Waals surface area (Å²) in [5, 5.41) is 0. The van der Waals surface area contributed by atoms with Crippen molar-refractivity contribution < 1.29 is 4.79 Å². The van der Waals surface area contributed by atoms with Gasteiger partial charge in [0.15, 0.2) is 5.78 Å². The first-order chi connectivity index (χ1) is 10.3. The molecular formula is C16H12N4O. The van der Waals surface area contributed by atoms with Gasteiger partial charge in [-0.1, -0.05) is 12.1 Å². The zero-order chi connectivity index (χ0) is 14.5. The van der Waals surface area contributed by atoms with Gasteiger partial charge in [-0.3, -0.25) is 14.8 Å². The van der Waals surface area contributed by atoms with E-state index in [9.17, 15) is 4.79 Å². The summed E-state index contributed by atoms with van der Waals surface area (Å²) < 4.78 is 0. The van der Waals surface area contributed by atoms with Gasteiger partial charge in [-0.05, 0) is 24.3 Å². The normalized spacial score (nSPS) is 10.3. The van der Waals surface area contributed by atoms with Crippen molar-refractivity contribution in [1.82, 2.24) is 19.9 Å². The highest BCUT2D eigenvalue weighted by molar-refractivity contribution is 5.95. The number of rotatable bonds is 4. The fraction of sp³-hybridized carbons (Fsp3) is 0.0625. The third-order valence-corrected chi connectivity index (χ3v) is 2.94. The molecule has 5 heteroatoms. The Kier molecular flexibility index (Phi) is 3.73. The number of ketones is 1. The van der Waals surface area contributed by atoms with E-state index in [0.717, 1.165) is 11.3 Å². The molecule has 0 aromatic carbocycles. The van der Waals surface area contributed by atoms with Gasteiger partial charge in [0, 0.05) is 30.4 Å². The summed E-state index contributed by atoms with van der Waals surface area (Å²) >= 11 is 0. The lowest BCUT2D eigenvalue weighted by molar-refractivity contribution is 0.0986. The summed E-state index contributed by atoms with van der Waals surface area (Å²) in [6.45, 7) is 0. The number of carbonyl (C=O) groups is 1. The quantitative estimate of drug-likeness (QED) is 0.684. The van der Waals surface area contributed by atoms with Crippen molar-refractivity contribution in [2.24, 2.45) is 0 Å². The lowest BCUT2D eigenvalue weighted by Gasteiger charge is -2.02. The van der Waals surface area contributed by atoms with E-state index >= 15 is 0 Å². The monoisotopic (exact) mass is 276 g/mol. The summed E-state index contributed by atoms with van der Waals surface area (Å²) in [4.78, 5) is 28.7. The number of carbonyl (C=O) groups excluding carboxylic acids is 1. The Morgan fingerprint density at radius 1 is 0.857 bits per heavy atom. The molecule has 102 valence electrons. The number of aromatic nitrogens is 4. The van der Waals surface area contributed by atoms with E-state index in [0.29, 0.717) is 11.5 Å². The topological polar surface area (TPSA) is 68.6 Å². The van der Waals surface area contributed by atoms with E-state index in [1.807, 2.05) is 18.2 Å². The van der Waals surface area contributed by atoms with Crippen LogP contribution < -0.4 is 0 Å². The van der Waals surface area contributed by atoms with Gasteiger partial charge in [-0.25, -0.2) is 9.97 Å². The van der Waals surface area contributed by atoms with E-state index in [4.69, 9.17) is 0 Å². The summed E-state index contributed by atoms with van der Waals surface area (Å²) in [6.07, 6.45) is 6.80. The van der Waals surface area contributed by atoms with Crippen LogP contribution >= 0.6 is 0 Å². The predicted molar refractivity (Wildman–Crippen MR) is 77.5 cm³/mol. The molecule has 0 radical (unpaired) electrons. The molecule has 0 aliphatic carbocycles. The average molecular weight is 276 g/mol. The van der Waals surface area contributed by atoms with Crippen LogP contribution in [0.5, 0.6) is 0 Å². The third kappa shape index (κ3) is 3.14. The summed E-state index contributed by atoms with van der Waals surface area (Å²) in [7, 11) is 0. The molecule has 0 bridgehead atoms. The minimum absolute atomic E-state index is 0.0961. The Morgan fingerprint density at radius 2 is 1.57 bits per heavy atom. The second kappa shape index (κ2) is 6.00. The molecule has 3 aromatic rings. The van der Waals surface area contributed by atoms with Crippen molar-refractivity contribution in [2.75, 3.05) is 0 Å².